The summed E-state index contributed by atoms with van der Waals surface area (Å²) >= 11 is 1.67. The van der Waals surface area contributed by atoms with Gasteiger partial charge < -0.3 is 4.74 Å². The average Bonchev–Trinajstić information content (AvgIpc) is 1.84. The van der Waals surface area contributed by atoms with Crippen LogP contribution in [0.4, 0.5) is 0 Å². The molecule has 4 heteroatoms. The Hall–Kier alpha value is -0.130. The Balaban J connectivity index is 2.75. The second-order valence-corrected chi connectivity index (χ2v) is 3.68. The Morgan fingerprint density at radius 2 is 2.00 bits per heavy atom. The maximum atomic E-state index is 11.1. The first-order valence-corrected chi connectivity index (χ1v) is 4.50. The van der Waals surface area contributed by atoms with Crippen molar-refractivity contribution in [2.24, 2.45) is 5.41 Å². The fraction of sp³-hybridized carbons (Fsp3) is 0.714. The van der Waals surface area contributed by atoms with Gasteiger partial charge in [0.1, 0.15) is 5.41 Å². The van der Waals surface area contributed by atoms with Gasteiger partial charge in [0.15, 0.2) is 0 Å². The molecule has 62 valence electrons. The van der Waals surface area contributed by atoms with Crippen LogP contribution < -0.4 is 0 Å². The van der Waals surface area contributed by atoms with E-state index in [1.807, 2.05) is 0 Å². The molecule has 1 saturated carbocycles. The van der Waals surface area contributed by atoms with Crippen LogP contribution in [0.3, 0.4) is 0 Å². The molecular weight excluding hydrogens is 259 g/mol. The van der Waals surface area contributed by atoms with Crippen molar-refractivity contribution in [1.29, 1.82) is 0 Å². The van der Waals surface area contributed by atoms with Gasteiger partial charge in [-0.05, 0) is 12.8 Å². The Kier molecular flexibility index (Phi) is 2.51. The zero-order chi connectivity index (χ0) is 8.48. The van der Waals surface area contributed by atoms with Gasteiger partial charge in [-0.15, -0.1) is 0 Å². The summed E-state index contributed by atoms with van der Waals surface area (Å²) in [4.78, 5) is 22.1. The molecule has 1 rings (SSSR count). The van der Waals surface area contributed by atoms with Gasteiger partial charge in [-0.25, -0.2) is 0 Å². The SMILES string of the molecule is COC(=O)C1(C(=O)I)CCC1. The number of rotatable bonds is 2. The van der Waals surface area contributed by atoms with Crippen molar-refractivity contribution in [1.82, 2.24) is 0 Å². The topological polar surface area (TPSA) is 43.4 Å². The van der Waals surface area contributed by atoms with Crippen LogP contribution in [0.25, 0.3) is 0 Å². The van der Waals surface area contributed by atoms with E-state index in [1.165, 1.54) is 7.11 Å². The van der Waals surface area contributed by atoms with E-state index in [0.717, 1.165) is 6.42 Å². The largest absolute Gasteiger partial charge is 0.468 e. The highest BCUT2D eigenvalue weighted by Gasteiger charge is 2.50. The first-order valence-electron chi connectivity index (χ1n) is 3.42. The molecule has 3 nitrogen and oxygen atoms in total. The highest BCUT2D eigenvalue weighted by atomic mass is 127. The van der Waals surface area contributed by atoms with E-state index in [0.29, 0.717) is 12.8 Å². The average molecular weight is 268 g/mol. The van der Waals surface area contributed by atoms with Gasteiger partial charge in [0.05, 0.1) is 7.11 Å². The number of hydrogen-bond donors (Lipinski definition) is 0. The lowest BCUT2D eigenvalue weighted by Gasteiger charge is -2.35. The summed E-state index contributed by atoms with van der Waals surface area (Å²) in [5.41, 5.74) is -0.782. The van der Waals surface area contributed by atoms with Crippen molar-refractivity contribution in [3.05, 3.63) is 0 Å². The van der Waals surface area contributed by atoms with Gasteiger partial charge in [-0.1, -0.05) is 6.42 Å². The Bertz CT molecular complexity index is 196. The van der Waals surface area contributed by atoms with Gasteiger partial charge in [-0.2, -0.15) is 0 Å². The third-order valence-electron chi connectivity index (χ3n) is 2.16. The van der Waals surface area contributed by atoms with Gasteiger partial charge in [0, 0.05) is 22.6 Å². The molecule has 0 unspecified atom stereocenters. The summed E-state index contributed by atoms with van der Waals surface area (Å²) in [6, 6.07) is 0. The lowest BCUT2D eigenvalue weighted by atomic mass is 9.70. The Labute approximate surface area is 78.6 Å². The van der Waals surface area contributed by atoms with Crippen LogP contribution in [-0.4, -0.2) is 16.9 Å². The van der Waals surface area contributed by atoms with Crippen LogP contribution in [0.1, 0.15) is 19.3 Å². The summed E-state index contributed by atoms with van der Waals surface area (Å²) in [7, 11) is 1.32. The molecule has 0 amide bonds. The van der Waals surface area contributed by atoms with Gasteiger partial charge >= 0.3 is 5.97 Å². The summed E-state index contributed by atoms with van der Waals surface area (Å²) in [6.07, 6.45) is 2.26. The quantitative estimate of drug-likeness (QED) is 0.328. The van der Waals surface area contributed by atoms with Crippen molar-refractivity contribution in [2.45, 2.75) is 19.3 Å². The first kappa shape index (κ1) is 8.96. The van der Waals surface area contributed by atoms with Gasteiger partial charge in [0.25, 0.3) is 0 Å². The van der Waals surface area contributed by atoms with Crippen molar-refractivity contribution in [3.63, 3.8) is 0 Å². The second-order valence-electron chi connectivity index (χ2n) is 2.70. The molecule has 0 bridgehead atoms. The van der Waals surface area contributed by atoms with Crippen molar-refractivity contribution in [3.8, 4) is 0 Å². The summed E-state index contributed by atoms with van der Waals surface area (Å²) in [5, 5.41) is 0. The van der Waals surface area contributed by atoms with E-state index in [2.05, 4.69) is 4.74 Å². The monoisotopic (exact) mass is 268 g/mol. The summed E-state index contributed by atoms with van der Waals surface area (Å²) < 4.78 is 4.46. The van der Waals surface area contributed by atoms with E-state index in [9.17, 15) is 9.59 Å². The Morgan fingerprint density at radius 1 is 1.45 bits per heavy atom. The Morgan fingerprint density at radius 3 is 2.09 bits per heavy atom. The fourth-order valence-corrected chi connectivity index (χ4v) is 1.97. The summed E-state index contributed by atoms with van der Waals surface area (Å²) in [6.45, 7) is 0. The number of carbonyl (C=O) groups excluding carboxylic acids is 2. The first-order chi connectivity index (χ1) is 5.13. The lowest BCUT2D eigenvalue weighted by Crippen LogP contribution is -2.43. The molecule has 0 aromatic rings. The smallest absolute Gasteiger partial charge is 0.320 e. The maximum absolute atomic E-state index is 11.1. The fourth-order valence-electron chi connectivity index (χ4n) is 1.21. The number of methoxy groups -OCH3 is 1. The number of esters is 1. The van der Waals surface area contributed by atoms with Crippen LogP contribution in [0.2, 0.25) is 0 Å². The van der Waals surface area contributed by atoms with Crippen LogP contribution in [0.5, 0.6) is 0 Å². The number of ether oxygens (including phenoxy) is 1. The normalized spacial score (nSPS) is 20.2. The van der Waals surface area contributed by atoms with Crippen molar-refractivity contribution >= 4 is 32.4 Å². The van der Waals surface area contributed by atoms with Crippen LogP contribution in [0.15, 0.2) is 0 Å². The molecule has 0 atom stereocenters. The molecule has 1 fully saturated rings. The number of carbonyl (C=O) groups is 2. The second kappa shape index (κ2) is 3.08. The third kappa shape index (κ3) is 1.28. The lowest BCUT2D eigenvalue weighted by molar-refractivity contribution is -0.160. The molecule has 0 aromatic carbocycles. The van der Waals surface area contributed by atoms with E-state index in [1.54, 1.807) is 22.6 Å². The minimum atomic E-state index is -0.782. The molecule has 1 aliphatic rings. The van der Waals surface area contributed by atoms with Crippen molar-refractivity contribution in [2.75, 3.05) is 7.11 Å². The molecule has 0 saturated heterocycles. The number of hydrogen-bond acceptors (Lipinski definition) is 3. The predicted octanol–water partition coefficient (Wildman–Crippen LogP) is 1.29. The van der Waals surface area contributed by atoms with E-state index in [4.69, 9.17) is 0 Å². The molecule has 11 heavy (non-hydrogen) atoms. The van der Waals surface area contributed by atoms with Gasteiger partial charge in [0.2, 0.25) is 3.79 Å². The van der Waals surface area contributed by atoms with Gasteiger partial charge in [-0.3, -0.25) is 9.59 Å². The minimum absolute atomic E-state index is 0.0896. The molecule has 0 spiro atoms. The predicted molar refractivity (Wildman–Crippen MR) is 47.3 cm³/mol. The highest BCUT2D eigenvalue weighted by Crippen LogP contribution is 2.44. The highest BCUT2D eigenvalue weighted by molar-refractivity contribution is 14.1. The molecule has 0 radical (unpaired) electrons. The molecular formula is C7H9IO3. The standard InChI is InChI=1S/C7H9IO3/c1-11-6(10)7(5(8)9)3-2-4-7/h2-4H2,1H3. The van der Waals surface area contributed by atoms with E-state index < -0.39 is 5.41 Å². The van der Waals surface area contributed by atoms with Crippen LogP contribution in [-0.2, 0) is 14.3 Å². The zero-order valence-corrected chi connectivity index (χ0v) is 8.38. The third-order valence-corrected chi connectivity index (χ3v) is 3.19. The molecule has 0 N–H and O–H groups in total. The number of halogens is 1. The molecule has 0 aliphatic heterocycles. The molecule has 1 aliphatic carbocycles. The molecule has 0 aromatic heterocycles. The van der Waals surface area contributed by atoms with E-state index >= 15 is 0 Å². The zero-order valence-electron chi connectivity index (χ0n) is 6.22. The van der Waals surface area contributed by atoms with Crippen molar-refractivity contribution < 1.29 is 14.3 Å². The maximum Gasteiger partial charge on any atom is 0.320 e. The van der Waals surface area contributed by atoms with E-state index in [-0.39, 0.29) is 9.76 Å². The molecule has 0 heterocycles. The summed E-state index contributed by atoms with van der Waals surface area (Å²) in [5.74, 6) is -0.372. The minimum Gasteiger partial charge on any atom is -0.468 e. The van der Waals surface area contributed by atoms with Crippen LogP contribution >= 0.6 is 22.6 Å². The van der Waals surface area contributed by atoms with Crippen LogP contribution in [0, 0.1) is 5.41 Å².